The Morgan fingerprint density at radius 3 is 2.44 bits per heavy atom. The zero-order valence-corrected chi connectivity index (χ0v) is 16.5. The minimum Gasteiger partial charge on any atom is -0.493 e. The molecule has 136 valence electrons. The first-order valence-corrected chi connectivity index (χ1v) is 9.93. The summed E-state index contributed by atoms with van der Waals surface area (Å²) in [5.41, 5.74) is 0.953. The van der Waals surface area contributed by atoms with Gasteiger partial charge in [-0.15, -0.1) is 0 Å². The smallest absolute Gasteiger partial charge is 0.224 e. The van der Waals surface area contributed by atoms with Gasteiger partial charge in [-0.05, 0) is 67.9 Å². The van der Waals surface area contributed by atoms with E-state index in [1.165, 1.54) is 32.1 Å². The van der Waals surface area contributed by atoms with Crippen LogP contribution in [0.3, 0.4) is 0 Å². The summed E-state index contributed by atoms with van der Waals surface area (Å²) in [5.74, 6) is 3.02. The fraction of sp³-hybridized carbons (Fsp3) is 0.650. The number of carbonyl (C=O) groups excluding carboxylic acids is 1. The highest BCUT2D eigenvalue weighted by Gasteiger charge is 2.57. The summed E-state index contributed by atoms with van der Waals surface area (Å²) in [6.45, 7) is 0. The number of amides is 1. The van der Waals surface area contributed by atoms with Crippen LogP contribution in [0.5, 0.6) is 11.5 Å². The van der Waals surface area contributed by atoms with E-state index in [0.29, 0.717) is 22.2 Å². The number of hydrogen-bond donors (Lipinski definition) is 1. The number of benzene rings is 1. The molecule has 1 aromatic rings. The summed E-state index contributed by atoms with van der Waals surface area (Å²) < 4.78 is 10.9. The van der Waals surface area contributed by atoms with E-state index in [-0.39, 0.29) is 11.3 Å². The molecule has 4 nitrogen and oxygen atoms in total. The first-order valence-electron chi connectivity index (χ1n) is 9.13. The summed E-state index contributed by atoms with van der Waals surface area (Å²) in [6, 6.07) is 5.51. The molecular formula is C20H26BrNO3. The summed E-state index contributed by atoms with van der Waals surface area (Å²) in [7, 11) is 3.22. The van der Waals surface area contributed by atoms with Crippen molar-refractivity contribution in [3.8, 4) is 11.5 Å². The highest BCUT2D eigenvalue weighted by Crippen LogP contribution is 2.65. The van der Waals surface area contributed by atoms with Crippen molar-refractivity contribution in [2.45, 2.75) is 49.3 Å². The minimum atomic E-state index is 0.116. The fourth-order valence-corrected chi connectivity index (χ4v) is 7.51. The van der Waals surface area contributed by atoms with Gasteiger partial charge in [0.05, 0.1) is 14.2 Å². The quantitative estimate of drug-likeness (QED) is 0.715. The minimum absolute atomic E-state index is 0.116. The lowest BCUT2D eigenvalue weighted by molar-refractivity contribution is -0.123. The zero-order chi connectivity index (χ0) is 17.7. The topological polar surface area (TPSA) is 47.6 Å². The Morgan fingerprint density at radius 1 is 1.16 bits per heavy atom. The molecule has 1 aromatic carbocycles. The number of ether oxygens (including phenoxy) is 2. The lowest BCUT2D eigenvalue weighted by Gasteiger charge is -2.60. The monoisotopic (exact) mass is 407 g/mol. The first-order chi connectivity index (χ1) is 11.9. The second-order valence-electron chi connectivity index (χ2n) is 8.41. The second kappa shape index (κ2) is 6.19. The molecule has 0 radical (unpaired) electrons. The van der Waals surface area contributed by atoms with Crippen molar-refractivity contribution in [1.82, 2.24) is 0 Å². The van der Waals surface area contributed by atoms with Gasteiger partial charge in [-0.25, -0.2) is 0 Å². The Labute approximate surface area is 157 Å². The van der Waals surface area contributed by atoms with Crippen molar-refractivity contribution in [2.75, 3.05) is 19.5 Å². The van der Waals surface area contributed by atoms with E-state index in [2.05, 4.69) is 21.2 Å². The standard InChI is InChI=1S/C20H26BrNO3/c1-24-16-4-3-15(6-17(16)25-2)22-18(23)11-19-7-13-5-14(8-19)10-20(21,9-13)12-19/h3-4,6,13-14H,5,7-12H2,1-2H3,(H,22,23). The predicted molar refractivity (Wildman–Crippen MR) is 102 cm³/mol. The normalized spacial score (nSPS) is 35.5. The maximum atomic E-state index is 12.8. The number of methoxy groups -OCH3 is 2. The molecule has 0 aliphatic heterocycles. The van der Waals surface area contributed by atoms with Gasteiger partial charge >= 0.3 is 0 Å². The van der Waals surface area contributed by atoms with E-state index in [9.17, 15) is 4.79 Å². The predicted octanol–water partition coefficient (Wildman–Crippen LogP) is 4.77. The maximum Gasteiger partial charge on any atom is 0.224 e. The lowest BCUT2D eigenvalue weighted by atomic mass is 9.48. The van der Waals surface area contributed by atoms with Crippen molar-refractivity contribution in [3.05, 3.63) is 18.2 Å². The van der Waals surface area contributed by atoms with Crippen molar-refractivity contribution in [3.63, 3.8) is 0 Å². The van der Waals surface area contributed by atoms with Gasteiger partial charge in [0.15, 0.2) is 11.5 Å². The Hall–Kier alpha value is -1.23. The van der Waals surface area contributed by atoms with Crippen molar-refractivity contribution < 1.29 is 14.3 Å². The molecule has 0 heterocycles. The van der Waals surface area contributed by atoms with E-state index in [1.54, 1.807) is 14.2 Å². The van der Waals surface area contributed by atoms with Gasteiger partial charge in [0.25, 0.3) is 0 Å². The van der Waals surface area contributed by atoms with Gasteiger partial charge in [-0.1, -0.05) is 15.9 Å². The van der Waals surface area contributed by atoms with Gasteiger partial charge in [-0.3, -0.25) is 4.79 Å². The van der Waals surface area contributed by atoms with Gasteiger partial charge in [0.2, 0.25) is 5.91 Å². The van der Waals surface area contributed by atoms with Crippen molar-refractivity contribution in [1.29, 1.82) is 0 Å². The number of alkyl halides is 1. The van der Waals surface area contributed by atoms with E-state index in [0.717, 1.165) is 23.9 Å². The Kier molecular flexibility index (Phi) is 4.25. The molecule has 4 aliphatic carbocycles. The van der Waals surface area contributed by atoms with Gasteiger partial charge in [0.1, 0.15) is 0 Å². The molecule has 0 aromatic heterocycles. The number of rotatable bonds is 5. The average Bonchev–Trinajstić information content (AvgIpc) is 2.51. The largest absolute Gasteiger partial charge is 0.493 e. The van der Waals surface area contributed by atoms with Crippen LogP contribution in [-0.4, -0.2) is 24.5 Å². The summed E-state index contributed by atoms with van der Waals surface area (Å²) in [6.07, 6.45) is 8.16. The third-order valence-electron chi connectivity index (χ3n) is 6.31. The lowest BCUT2D eigenvalue weighted by Crippen LogP contribution is -2.53. The molecule has 25 heavy (non-hydrogen) atoms. The van der Waals surface area contributed by atoms with Crippen LogP contribution >= 0.6 is 15.9 Å². The highest BCUT2D eigenvalue weighted by molar-refractivity contribution is 9.10. The molecule has 4 saturated carbocycles. The van der Waals surface area contributed by atoms with Crippen LogP contribution in [-0.2, 0) is 4.79 Å². The average molecular weight is 408 g/mol. The van der Waals surface area contributed by atoms with E-state index < -0.39 is 0 Å². The van der Waals surface area contributed by atoms with E-state index in [1.807, 2.05) is 18.2 Å². The molecule has 0 saturated heterocycles. The van der Waals surface area contributed by atoms with Crippen LogP contribution in [0.1, 0.15) is 44.9 Å². The molecule has 2 atom stereocenters. The van der Waals surface area contributed by atoms with Crippen molar-refractivity contribution in [2.24, 2.45) is 17.3 Å². The van der Waals surface area contributed by atoms with Crippen LogP contribution < -0.4 is 14.8 Å². The number of anilines is 1. The van der Waals surface area contributed by atoms with Crippen molar-refractivity contribution >= 4 is 27.5 Å². The van der Waals surface area contributed by atoms with Crippen LogP contribution in [0.25, 0.3) is 0 Å². The molecule has 2 unspecified atom stereocenters. The van der Waals surface area contributed by atoms with Gasteiger partial charge in [-0.2, -0.15) is 0 Å². The number of carbonyl (C=O) groups is 1. The highest BCUT2D eigenvalue weighted by atomic mass is 79.9. The summed E-state index contributed by atoms with van der Waals surface area (Å²) in [5, 5.41) is 3.07. The molecular weight excluding hydrogens is 382 g/mol. The Bertz CT molecular complexity index is 676. The van der Waals surface area contributed by atoms with Gasteiger partial charge < -0.3 is 14.8 Å². The molecule has 5 rings (SSSR count). The number of halogens is 1. The number of nitrogens with one attached hydrogen (secondary N) is 1. The van der Waals surface area contributed by atoms with Gasteiger partial charge in [0, 0.05) is 22.5 Å². The fourth-order valence-electron chi connectivity index (χ4n) is 6.00. The van der Waals surface area contributed by atoms with Crippen LogP contribution in [0.4, 0.5) is 5.69 Å². The van der Waals surface area contributed by atoms with Crippen LogP contribution in [0.2, 0.25) is 0 Å². The van der Waals surface area contributed by atoms with Crippen LogP contribution in [0.15, 0.2) is 18.2 Å². The molecule has 4 aliphatic rings. The molecule has 0 spiro atoms. The third-order valence-corrected chi connectivity index (χ3v) is 7.24. The number of hydrogen-bond acceptors (Lipinski definition) is 3. The molecule has 1 amide bonds. The second-order valence-corrected chi connectivity index (χ2v) is 10.1. The SMILES string of the molecule is COc1ccc(NC(=O)CC23CC4CC(CC(Br)(C4)C2)C3)cc1OC. The Balaban J connectivity index is 1.46. The molecule has 4 bridgehead atoms. The summed E-state index contributed by atoms with van der Waals surface area (Å²) in [4.78, 5) is 12.8. The molecule has 4 fully saturated rings. The van der Waals surface area contributed by atoms with E-state index in [4.69, 9.17) is 9.47 Å². The Morgan fingerprint density at radius 2 is 1.84 bits per heavy atom. The zero-order valence-electron chi connectivity index (χ0n) is 14.9. The van der Waals surface area contributed by atoms with E-state index >= 15 is 0 Å². The molecule has 5 heteroatoms. The van der Waals surface area contributed by atoms with Crippen LogP contribution in [0, 0.1) is 17.3 Å². The molecule has 1 N–H and O–H groups in total. The summed E-state index contributed by atoms with van der Waals surface area (Å²) >= 11 is 4.02. The first kappa shape index (κ1) is 17.2. The maximum absolute atomic E-state index is 12.8. The third kappa shape index (κ3) is 3.27.